The maximum absolute atomic E-state index is 10.9. The smallest absolute Gasteiger partial charge is 0.339 e. The molecule has 0 saturated carbocycles. The lowest BCUT2D eigenvalue weighted by atomic mass is 10.1. The number of carboxylic acid groups (broad SMARTS) is 1. The van der Waals surface area contributed by atoms with Gasteiger partial charge in [0, 0.05) is 6.26 Å². The van der Waals surface area contributed by atoms with Gasteiger partial charge in [-0.05, 0) is 24.6 Å². The Bertz CT molecular complexity index is 519. The van der Waals surface area contributed by atoms with E-state index < -0.39 is 15.8 Å². The highest BCUT2D eigenvalue weighted by atomic mass is 32.2. The lowest BCUT2D eigenvalue weighted by Crippen LogP contribution is -2.13. The van der Waals surface area contributed by atoms with Crippen molar-refractivity contribution < 1.29 is 23.1 Å². The fourth-order valence-electron chi connectivity index (χ4n) is 1.23. The Kier molecular flexibility index (Phi) is 4.11. The molecule has 0 amide bonds. The molecule has 0 aliphatic carbocycles. The van der Waals surface area contributed by atoms with Gasteiger partial charge in [0.05, 0.1) is 5.75 Å². The minimum Gasteiger partial charge on any atom is -0.492 e. The number of sulfone groups is 1. The van der Waals surface area contributed by atoms with Crippen LogP contribution >= 0.6 is 0 Å². The van der Waals surface area contributed by atoms with Crippen LogP contribution in [0.3, 0.4) is 0 Å². The number of benzene rings is 1. The summed E-state index contributed by atoms with van der Waals surface area (Å²) in [6.45, 7) is 1.75. The van der Waals surface area contributed by atoms with Gasteiger partial charge in [-0.3, -0.25) is 0 Å². The molecule has 0 bridgehead atoms. The Labute approximate surface area is 100.0 Å². The fourth-order valence-corrected chi connectivity index (χ4v) is 1.61. The van der Waals surface area contributed by atoms with Crippen LogP contribution in [0.15, 0.2) is 18.2 Å². The number of hydrogen-bond acceptors (Lipinski definition) is 4. The molecule has 0 aliphatic heterocycles. The van der Waals surface area contributed by atoms with Crippen LogP contribution in [-0.4, -0.2) is 38.1 Å². The van der Waals surface area contributed by atoms with Gasteiger partial charge in [-0.2, -0.15) is 0 Å². The van der Waals surface area contributed by atoms with E-state index in [-0.39, 0.29) is 23.7 Å². The van der Waals surface area contributed by atoms with Gasteiger partial charge in [-0.25, -0.2) is 13.2 Å². The third-order valence-corrected chi connectivity index (χ3v) is 2.99. The minimum atomic E-state index is -3.11. The van der Waals surface area contributed by atoms with E-state index in [0.717, 1.165) is 11.8 Å². The summed E-state index contributed by atoms with van der Waals surface area (Å²) in [7, 11) is -3.11. The Morgan fingerprint density at radius 2 is 2.06 bits per heavy atom. The van der Waals surface area contributed by atoms with Crippen molar-refractivity contribution in [2.45, 2.75) is 6.92 Å². The van der Waals surface area contributed by atoms with Crippen LogP contribution < -0.4 is 4.74 Å². The average Bonchev–Trinajstić information content (AvgIpc) is 2.15. The fraction of sp³-hybridized carbons (Fsp3) is 0.364. The molecule has 0 atom stereocenters. The molecular weight excluding hydrogens is 244 g/mol. The van der Waals surface area contributed by atoms with Crippen molar-refractivity contribution in [2.24, 2.45) is 0 Å². The standard InChI is InChI=1S/C11H14O5S/c1-8-3-4-9(11(12)13)10(7-8)16-5-6-17(2,14)15/h3-4,7H,5-6H2,1-2H3,(H,12,13). The lowest BCUT2D eigenvalue weighted by molar-refractivity contribution is 0.0692. The number of rotatable bonds is 5. The van der Waals surface area contributed by atoms with Crippen molar-refractivity contribution in [2.75, 3.05) is 18.6 Å². The number of aromatic carboxylic acids is 1. The summed E-state index contributed by atoms with van der Waals surface area (Å²) >= 11 is 0. The highest BCUT2D eigenvalue weighted by molar-refractivity contribution is 7.90. The summed E-state index contributed by atoms with van der Waals surface area (Å²) < 4.78 is 27.0. The highest BCUT2D eigenvalue weighted by Gasteiger charge is 2.12. The first-order valence-corrected chi connectivity index (χ1v) is 7.00. The maximum Gasteiger partial charge on any atom is 0.339 e. The molecule has 94 valence electrons. The van der Waals surface area contributed by atoms with Gasteiger partial charge in [0.2, 0.25) is 0 Å². The molecule has 0 aliphatic rings. The molecule has 0 fully saturated rings. The number of hydrogen-bond donors (Lipinski definition) is 1. The predicted molar refractivity (Wildman–Crippen MR) is 63.3 cm³/mol. The van der Waals surface area contributed by atoms with E-state index in [1.807, 2.05) is 0 Å². The van der Waals surface area contributed by atoms with Crippen molar-refractivity contribution in [3.05, 3.63) is 29.3 Å². The number of carboxylic acids is 1. The quantitative estimate of drug-likeness (QED) is 0.855. The first-order chi connectivity index (χ1) is 7.79. The zero-order chi connectivity index (χ0) is 13.1. The second-order valence-electron chi connectivity index (χ2n) is 3.78. The van der Waals surface area contributed by atoms with Gasteiger partial charge in [-0.1, -0.05) is 6.07 Å². The second kappa shape index (κ2) is 5.18. The summed E-state index contributed by atoms with van der Waals surface area (Å²) in [5.41, 5.74) is 0.883. The van der Waals surface area contributed by atoms with Gasteiger partial charge in [0.1, 0.15) is 17.9 Å². The highest BCUT2D eigenvalue weighted by Crippen LogP contribution is 2.20. The van der Waals surface area contributed by atoms with E-state index >= 15 is 0 Å². The monoisotopic (exact) mass is 258 g/mol. The third-order valence-electron chi connectivity index (χ3n) is 2.08. The summed E-state index contributed by atoms with van der Waals surface area (Å²) in [4.78, 5) is 10.9. The maximum atomic E-state index is 10.9. The Balaban J connectivity index is 2.82. The van der Waals surface area contributed by atoms with Crippen molar-refractivity contribution >= 4 is 15.8 Å². The minimum absolute atomic E-state index is 0.0316. The zero-order valence-corrected chi connectivity index (χ0v) is 10.5. The van der Waals surface area contributed by atoms with E-state index in [4.69, 9.17) is 9.84 Å². The van der Waals surface area contributed by atoms with Crippen LogP contribution in [0.1, 0.15) is 15.9 Å². The first kappa shape index (κ1) is 13.5. The summed E-state index contributed by atoms with van der Waals surface area (Å²) in [6.07, 6.45) is 1.10. The van der Waals surface area contributed by atoms with Crippen molar-refractivity contribution in [3.63, 3.8) is 0 Å². The zero-order valence-electron chi connectivity index (χ0n) is 9.63. The summed E-state index contributed by atoms with van der Waals surface area (Å²) in [5, 5.41) is 8.92. The van der Waals surface area contributed by atoms with Crippen molar-refractivity contribution in [3.8, 4) is 5.75 Å². The normalized spacial score (nSPS) is 11.2. The Morgan fingerprint density at radius 1 is 1.41 bits per heavy atom. The van der Waals surface area contributed by atoms with Crippen molar-refractivity contribution in [1.82, 2.24) is 0 Å². The van der Waals surface area contributed by atoms with E-state index in [2.05, 4.69) is 0 Å². The van der Waals surface area contributed by atoms with Crippen LogP contribution in [0.4, 0.5) is 0 Å². The lowest BCUT2D eigenvalue weighted by Gasteiger charge is -2.09. The van der Waals surface area contributed by atoms with Gasteiger partial charge in [0.25, 0.3) is 0 Å². The molecular formula is C11H14O5S. The first-order valence-electron chi connectivity index (χ1n) is 4.94. The number of ether oxygens (including phenoxy) is 1. The molecule has 1 aromatic carbocycles. The van der Waals surface area contributed by atoms with Gasteiger partial charge in [0.15, 0.2) is 9.84 Å². The third kappa shape index (κ3) is 4.44. The van der Waals surface area contributed by atoms with Crippen LogP contribution in [0.5, 0.6) is 5.75 Å². The molecule has 0 aromatic heterocycles. The van der Waals surface area contributed by atoms with Crippen LogP contribution in [0.25, 0.3) is 0 Å². The van der Waals surface area contributed by atoms with Crippen LogP contribution in [0.2, 0.25) is 0 Å². The number of carbonyl (C=O) groups is 1. The molecule has 0 unspecified atom stereocenters. The van der Waals surface area contributed by atoms with E-state index in [0.29, 0.717) is 0 Å². The second-order valence-corrected chi connectivity index (χ2v) is 6.04. The van der Waals surface area contributed by atoms with Crippen molar-refractivity contribution in [1.29, 1.82) is 0 Å². The molecule has 5 nitrogen and oxygen atoms in total. The molecule has 0 spiro atoms. The Morgan fingerprint density at radius 3 is 2.59 bits per heavy atom. The van der Waals surface area contributed by atoms with E-state index in [1.54, 1.807) is 19.1 Å². The molecule has 0 radical (unpaired) electrons. The topological polar surface area (TPSA) is 80.7 Å². The average molecular weight is 258 g/mol. The molecule has 0 heterocycles. The predicted octanol–water partition coefficient (Wildman–Crippen LogP) is 1.12. The van der Waals surface area contributed by atoms with Crippen LogP contribution in [0, 0.1) is 6.92 Å². The molecule has 17 heavy (non-hydrogen) atoms. The van der Waals surface area contributed by atoms with Gasteiger partial charge in [-0.15, -0.1) is 0 Å². The number of aryl methyl sites for hydroxylation is 1. The van der Waals surface area contributed by atoms with E-state index in [9.17, 15) is 13.2 Å². The molecule has 0 saturated heterocycles. The molecule has 1 rings (SSSR count). The van der Waals surface area contributed by atoms with Gasteiger partial charge >= 0.3 is 5.97 Å². The summed E-state index contributed by atoms with van der Waals surface area (Å²) in [6, 6.07) is 4.67. The SMILES string of the molecule is Cc1ccc(C(=O)O)c(OCCS(C)(=O)=O)c1. The molecule has 6 heteroatoms. The largest absolute Gasteiger partial charge is 0.492 e. The molecule has 1 aromatic rings. The van der Waals surface area contributed by atoms with Crippen LogP contribution in [-0.2, 0) is 9.84 Å². The Hall–Kier alpha value is -1.56. The van der Waals surface area contributed by atoms with Gasteiger partial charge < -0.3 is 9.84 Å². The summed E-state index contributed by atoms with van der Waals surface area (Å²) in [5.74, 6) is -1.04. The van der Waals surface area contributed by atoms with E-state index in [1.165, 1.54) is 6.07 Å². The molecule has 1 N–H and O–H groups in total.